The highest BCUT2D eigenvalue weighted by molar-refractivity contribution is 9.10. The Bertz CT molecular complexity index is 378. The molecule has 1 N–H and O–H groups in total. The number of anilines is 1. The van der Waals surface area contributed by atoms with E-state index in [4.69, 9.17) is 0 Å². The minimum atomic E-state index is 0.413. The number of hydrogen-bond acceptors (Lipinski definition) is 3. The van der Waals surface area contributed by atoms with Crippen LogP contribution >= 0.6 is 27.7 Å². The van der Waals surface area contributed by atoms with Gasteiger partial charge in [-0.15, -0.1) is 0 Å². The standard InChI is InChI=1S/C14H21BrN2S/c1-14(2)11-17(9-10-18-14)8-7-16-13-5-3-12(15)4-6-13/h3-6,16H,7-11H2,1-2H3. The van der Waals surface area contributed by atoms with E-state index < -0.39 is 0 Å². The summed E-state index contributed by atoms with van der Waals surface area (Å²) in [6.45, 7) is 9.23. The molecule has 0 radical (unpaired) electrons. The summed E-state index contributed by atoms with van der Waals surface area (Å²) in [7, 11) is 0. The van der Waals surface area contributed by atoms with Crippen LogP contribution in [0.2, 0.25) is 0 Å². The van der Waals surface area contributed by atoms with Gasteiger partial charge in [-0.25, -0.2) is 0 Å². The van der Waals surface area contributed by atoms with Crippen LogP contribution < -0.4 is 5.32 Å². The Morgan fingerprint density at radius 3 is 2.72 bits per heavy atom. The third-order valence-corrected chi connectivity index (χ3v) is 4.93. The molecule has 0 bridgehead atoms. The lowest BCUT2D eigenvalue weighted by atomic mass is 10.2. The maximum atomic E-state index is 3.48. The van der Waals surface area contributed by atoms with Crippen LogP contribution in [-0.2, 0) is 0 Å². The Morgan fingerprint density at radius 2 is 2.06 bits per heavy atom. The highest BCUT2D eigenvalue weighted by Crippen LogP contribution is 2.29. The fourth-order valence-electron chi connectivity index (χ4n) is 2.23. The molecule has 0 saturated carbocycles. The van der Waals surface area contributed by atoms with Gasteiger partial charge in [0, 0.05) is 46.8 Å². The van der Waals surface area contributed by atoms with E-state index in [1.54, 1.807) is 0 Å². The van der Waals surface area contributed by atoms with Gasteiger partial charge in [0.1, 0.15) is 0 Å². The number of nitrogens with one attached hydrogen (secondary N) is 1. The number of nitrogens with zero attached hydrogens (tertiary/aromatic N) is 1. The smallest absolute Gasteiger partial charge is 0.0341 e. The summed E-state index contributed by atoms with van der Waals surface area (Å²) < 4.78 is 1.54. The van der Waals surface area contributed by atoms with Gasteiger partial charge in [-0.2, -0.15) is 11.8 Å². The average Bonchev–Trinajstić information content (AvgIpc) is 2.30. The molecule has 0 unspecified atom stereocenters. The normalized spacial score (nSPS) is 19.7. The van der Waals surface area contributed by atoms with Crippen LogP contribution in [0.4, 0.5) is 5.69 Å². The first-order valence-electron chi connectivity index (χ1n) is 6.41. The molecule has 1 aromatic carbocycles. The predicted octanol–water partition coefficient (Wildman–Crippen LogP) is 3.69. The lowest BCUT2D eigenvalue weighted by Gasteiger charge is -2.37. The molecule has 1 fully saturated rings. The summed E-state index contributed by atoms with van der Waals surface area (Å²) in [6.07, 6.45) is 0. The van der Waals surface area contributed by atoms with Gasteiger partial charge in [0.2, 0.25) is 0 Å². The molecular weight excluding hydrogens is 308 g/mol. The summed E-state index contributed by atoms with van der Waals surface area (Å²) in [5.74, 6) is 1.26. The number of thioether (sulfide) groups is 1. The Hall–Kier alpha value is -0.190. The van der Waals surface area contributed by atoms with Gasteiger partial charge in [-0.3, -0.25) is 4.90 Å². The second-order valence-electron chi connectivity index (χ2n) is 5.32. The van der Waals surface area contributed by atoms with E-state index in [0.717, 1.165) is 17.6 Å². The van der Waals surface area contributed by atoms with E-state index in [-0.39, 0.29) is 0 Å². The Morgan fingerprint density at radius 1 is 1.33 bits per heavy atom. The highest BCUT2D eigenvalue weighted by Gasteiger charge is 2.26. The Balaban J connectivity index is 1.73. The van der Waals surface area contributed by atoms with E-state index in [1.807, 2.05) is 0 Å². The third-order valence-electron chi connectivity index (χ3n) is 3.11. The van der Waals surface area contributed by atoms with Gasteiger partial charge < -0.3 is 5.32 Å². The SMILES string of the molecule is CC1(C)CN(CCNc2ccc(Br)cc2)CCS1. The quantitative estimate of drug-likeness (QED) is 0.907. The van der Waals surface area contributed by atoms with E-state index >= 15 is 0 Å². The van der Waals surface area contributed by atoms with Crippen molar-refractivity contribution in [2.24, 2.45) is 0 Å². The molecule has 18 heavy (non-hydrogen) atoms. The van der Waals surface area contributed by atoms with Crippen LogP contribution in [0.25, 0.3) is 0 Å². The van der Waals surface area contributed by atoms with Gasteiger partial charge in [-0.1, -0.05) is 15.9 Å². The second-order valence-corrected chi connectivity index (χ2v) is 8.04. The molecule has 1 aliphatic rings. The maximum Gasteiger partial charge on any atom is 0.0341 e. The van der Waals surface area contributed by atoms with E-state index in [2.05, 4.69) is 76.0 Å². The third kappa shape index (κ3) is 4.48. The van der Waals surface area contributed by atoms with Crippen molar-refractivity contribution in [1.82, 2.24) is 4.90 Å². The Kier molecular flexibility index (Phi) is 4.98. The monoisotopic (exact) mass is 328 g/mol. The topological polar surface area (TPSA) is 15.3 Å². The molecule has 0 amide bonds. The lowest BCUT2D eigenvalue weighted by molar-refractivity contribution is 0.270. The summed E-state index contributed by atoms with van der Waals surface area (Å²) in [6, 6.07) is 8.37. The molecular formula is C14H21BrN2S. The average molecular weight is 329 g/mol. The maximum absolute atomic E-state index is 3.48. The van der Waals surface area contributed by atoms with Crippen molar-refractivity contribution in [3.63, 3.8) is 0 Å². The van der Waals surface area contributed by atoms with Gasteiger partial charge >= 0.3 is 0 Å². The molecule has 1 aliphatic heterocycles. The molecule has 100 valence electrons. The molecule has 2 rings (SSSR count). The second kappa shape index (κ2) is 6.31. The minimum Gasteiger partial charge on any atom is -0.384 e. The van der Waals surface area contributed by atoms with Crippen molar-refractivity contribution in [2.45, 2.75) is 18.6 Å². The molecule has 1 saturated heterocycles. The van der Waals surface area contributed by atoms with E-state index in [9.17, 15) is 0 Å². The molecule has 2 nitrogen and oxygen atoms in total. The Labute approximate surface area is 123 Å². The van der Waals surface area contributed by atoms with Gasteiger partial charge in [0.05, 0.1) is 0 Å². The summed E-state index contributed by atoms with van der Waals surface area (Å²) >= 11 is 5.54. The fourth-order valence-corrected chi connectivity index (χ4v) is 3.67. The van der Waals surface area contributed by atoms with E-state index in [1.165, 1.54) is 24.5 Å². The fraction of sp³-hybridized carbons (Fsp3) is 0.571. The van der Waals surface area contributed by atoms with Crippen molar-refractivity contribution in [3.8, 4) is 0 Å². The van der Waals surface area contributed by atoms with Crippen LogP contribution in [-0.4, -0.2) is 41.6 Å². The molecule has 0 atom stereocenters. The van der Waals surface area contributed by atoms with Crippen molar-refractivity contribution in [3.05, 3.63) is 28.7 Å². The molecule has 0 aliphatic carbocycles. The van der Waals surface area contributed by atoms with Crippen LogP contribution in [0.1, 0.15) is 13.8 Å². The van der Waals surface area contributed by atoms with Crippen LogP contribution in [0.5, 0.6) is 0 Å². The van der Waals surface area contributed by atoms with Crippen molar-refractivity contribution in [2.75, 3.05) is 37.2 Å². The van der Waals surface area contributed by atoms with Crippen molar-refractivity contribution >= 4 is 33.4 Å². The zero-order chi connectivity index (χ0) is 13.0. The molecule has 1 heterocycles. The molecule has 0 aromatic heterocycles. The molecule has 1 aromatic rings. The zero-order valence-electron chi connectivity index (χ0n) is 11.1. The first kappa shape index (κ1) is 14.2. The van der Waals surface area contributed by atoms with E-state index in [0.29, 0.717) is 4.75 Å². The highest BCUT2D eigenvalue weighted by atomic mass is 79.9. The van der Waals surface area contributed by atoms with Crippen LogP contribution in [0.3, 0.4) is 0 Å². The van der Waals surface area contributed by atoms with Crippen LogP contribution in [0, 0.1) is 0 Å². The summed E-state index contributed by atoms with van der Waals surface area (Å²) in [5, 5.41) is 3.48. The number of halogens is 1. The van der Waals surface area contributed by atoms with Crippen molar-refractivity contribution < 1.29 is 0 Å². The largest absolute Gasteiger partial charge is 0.384 e. The number of benzene rings is 1. The first-order valence-corrected chi connectivity index (χ1v) is 8.19. The van der Waals surface area contributed by atoms with Gasteiger partial charge in [0.25, 0.3) is 0 Å². The lowest BCUT2D eigenvalue weighted by Crippen LogP contribution is -2.44. The summed E-state index contributed by atoms with van der Waals surface area (Å²) in [5.41, 5.74) is 1.20. The summed E-state index contributed by atoms with van der Waals surface area (Å²) in [4.78, 5) is 2.56. The van der Waals surface area contributed by atoms with Gasteiger partial charge in [-0.05, 0) is 38.1 Å². The van der Waals surface area contributed by atoms with Crippen LogP contribution in [0.15, 0.2) is 28.7 Å². The van der Waals surface area contributed by atoms with Gasteiger partial charge in [0.15, 0.2) is 0 Å². The zero-order valence-corrected chi connectivity index (χ0v) is 13.5. The van der Waals surface area contributed by atoms with Crippen molar-refractivity contribution in [1.29, 1.82) is 0 Å². The first-order chi connectivity index (χ1) is 8.55. The molecule has 4 heteroatoms. The molecule has 0 spiro atoms. The minimum absolute atomic E-state index is 0.413. The predicted molar refractivity (Wildman–Crippen MR) is 85.6 cm³/mol. The number of rotatable bonds is 4. The number of hydrogen-bond donors (Lipinski definition) is 1.